The van der Waals surface area contributed by atoms with Gasteiger partial charge in [0.2, 0.25) is 5.95 Å². The van der Waals surface area contributed by atoms with Crippen molar-refractivity contribution in [2.24, 2.45) is 5.41 Å². The first-order valence-corrected chi connectivity index (χ1v) is 11.8. The summed E-state index contributed by atoms with van der Waals surface area (Å²) in [6.45, 7) is 8.79. The van der Waals surface area contributed by atoms with Crippen molar-refractivity contribution in [3.8, 4) is 0 Å². The van der Waals surface area contributed by atoms with Crippen molar-refractivity contribution in [2.45, 2.75) is 43.9 Å². The number of rotatable bonds is 5. The number of piperidine rings is 1. The van der Waals surface area contributed by atoms with Crippen LogP contribution in [-0.4, -0.2) is 69.8 Å². The molecule has 4 fully saturated rings. The molecule has 7 nitrogen and oxygen atoms in total. The van der Waals surface area contributed by atoms with E-state index in [4.69, 9.17) is 9.97 Å². The summed E-state index contributed by atoms with van der Waals surface area (Å²) in [4.78, 5) is 16.8. The summed E-state index contributed by atoms with van der Waals surface area (Å²) in [7, 11) is 0. The van der Waals surface area contributed by atoms with E-state index in [9.17, 15) is 0 Å². The highest BCUT2D eigenvalue weighted by atomic mass is 32.2. The fourth-order valence-corrected chi connectivity index (χ4v) is 5.92. The van der Waals surface area contributed by atoms with Crippen LogP contribution in [0.4, 0.5) is 11.8 Å². The van der Waals surface area contributed by atoms with Gasteiger partial charge in [-0.3, -0.25) is 4.31 Å². The van der Waals surface area contributed by atoms with Crippen LogP contribution in [0.2, 0.25) is 0 Å². The second kappa shape index (κ2) is 6.96. The standard InChI is InChI=1S/C21H29N7S/c1-14-8-15-9-23-20(25-16-4-6-28(7-5-16)29-17-2-3-17)26-18(15)19(24-14)27-12-21(13-27)10-22-11-21/h8-9,16-17,22H,2-7,10-13H2,1H3,(H,23,25,26). The summed E-state index contributed by atoms with van der Waals surface area (Å²) >= 11 is 2.07. The average Bonchev–Trinajstić information content (AvgIpc) is 3.45. The molecule has 0 aromatic carbocycles. The van der Waals surface area contributed by atoms with Crippen LogP contribution < -0.4 is 15.5 Å². The normalized spacial score (nSPS) is 24.5. The predicted molar refractivity (Wildman–Crippen MR) is 118 cm³/mol. The lowest BCUT2D eigenvalue weighted by molar-refractivity contribution is 0.121. The summed E-state index contributed by atoms with van der Waals surface area (Å²) in [6.07, 6.45) is 7.07. The molecule has 154 valence electrons. The first-order valence-electron chi connectivity index (χ1n) is 10.9. The van der Waals surface area contributed by atoms with Gasteiger partial charge < -0.3 is 15.5 Å². The zero-order valence-electron chi connectivity index (χ0n) is 17.0. The van der Waals surface area contributed by atoms with Gasteiger partial charge in [-0.15, -0.1) is 0 Å². The number of aromatic nitrogens is 3. The molecule has 0 radical (unpaired) electrons. The largest absolute Gasteiger partial charge is 0.353 e. The Hall–Kier alpha value is -1.64. The number of hydrogen-bond acceptors (Lipinski definition) is 8. The molecule has 3 aliphatic heterocycles. The number of nitrogens with zero attached hydrogens (tertiary/aromatic N) is 5. The zero-order chi connectivity index (χ0) is 19.4. The van der Waals surface area contributed by atoms with Gasteiger partial charge in [0.05, 0.1) is 0 Å². The van der Waals surface area contributed by atoms with Crippen LogP contribution in [0.3, 0.4) is 0 Å². The maximum absolute atomic E-state index is 4.92. The molecule has 8 heteroatoms. The van der Waals surface area contributed by atoms with Crippen LogP contribution in [-0.2, 0) is 0 Å². The van der Waals surface area contributed by atoms with Crippen LogP contribution in [0.25, 0.3) is 10.9 Å². The van der Waals surface area contributed by atoms with Gasteiger partial charge in [0.15, 0.2) is 5.82 Å². The summed E-state index contributed by atoms with van der Waals surface area (Å²) in [5.74, 6) is 1.77. The smallest absolute Gasteiger partial charge is 0.223 e. The molecule has 1 saturated carbocycles. The molecule has 4 aliphatic rings. The van der Waals surface area contributed by atoms with Crippen molar-refractivity contribution in [1.82, 2.24) is 24.6 Å². The van der Waals surface area contributed by atoms with Gasteiger partial charge in [-0.2, -0.15) is 0 Å². The molecule has 0 unspecified atom stereocenters. The number of fused-ring (bicyclic) bond motifs is 1. The van der Waals surface area contributed by atoms with Crippen molar-refractivity contribution in [3.05, 3.63) is 18.0 Å². The number of nitrogens with one attached hydrogen (secondary N) is 2. The molecule has 5 heterocycles. The first kappa shape index (κ1) is 18.2. The van der Waals surface area contributed by atoms with E-state index in [1.807, 2.05) is 6.20 Å². The van der Waals surface area contributed by atoms with Crippen molar-refractivity contribution >= 4 is 34.6 Å². The maximum atomic E-state index is 4.92. The van der Waals surface area contributed by atoms with E-state index in [0.29, 0.717) is 11.5 Å². The van der Waals surface area contributed by atoms with E-state index in [0.717, 1.165) is 85.7 Å². The van der Waals surface area contributed by atoms with E-state index in [2.05, 4.69) is 49.8 Å². The monoisotopic (exact) mass is 411 g/mol. The van der Waals surface area contributed by atoms with Gasteiger partial charge in [0, 0.05) is 73.3 Å². The van der Waals surface area contributed by atoms with Crippen LogP contribution in [0.15, 0.2) is 12.3 Å². The molecule has 2 N–H and O–H groups in total. The van der Waals surface area contributed by atoms with Crippen molar-refractivity contribution < 1.29 is 0 Å². The molecular weight excluding hydrogens is 382 g/mol. The lowest BCUT2D eigenvalue weighted by Crippen LogP contribution is -2.71. The highest BCUT2D eigenvalue weighted by molar-refractivity contribution is 7.97. The fourth-order valence-electron chi connectivity index (χ4n) is 4.73. The quantitative estimate of drug-likeness (QED) is 0.727. The molecule has 3 saturated heterocycles. The van der Waals surface area contributed by atoms with Crippen LogP contribution in [0, 0.1) is 12.3 Å². The molecule has 1 spiro atoms. The van der Waals surface area contributed by atoms with Gasteiger partial charge in [0.1, 0.15) is 5.52 Å². The van der Waals surface area contributed by atoms with Gasteiger partial charge in [0.25, 0.3) is 0 Å². The van der Waals surface area contributed by atoms with E-state index in [1.54, 1.807) is 0 Å². The Kier molecular flexibility index (Phi) is 4.36. The molecule has 0 atom stereocenters. The predicted octanol–water partition coefficient (Wildman–Crippen LogP) is 2.43. The van der Waals surface area contributed by atoms with Gasteiger partial charge in [-0.05, 0) is 38.7 Å². The van der Waals surface area contributed by atoms with Crippen molar-refractivity contribution in [3.63, 3.8) is 0 Å². The zero-order valence-corrected chi connectivity index (χ0v) is 17.8. The number of hydrogen-bond donors (Lipinski definition) is 2. The Bertz CT molecular complexity index is 911. The first-order chi connectivity index (χ1) is 14.2. The highest BCUT2D eigenvalue weighted by Gasteiger charge is 2.48. The fraction of sp³-hybridized carbons (Fsp3) is 0.667. The third-order valence-electron chi connectivity index (χ3n) is 6.64. The van der Waals surface area contributed by atoms with E-state index >= 15 is 0 Å². The molecule has 1 aliphatic carbocycles. The second-order valence-electron chi connectivity index (χ2n) is 9.33. The SMILES string of the molecule is Cc1cc2cnc(NC3CCN(SC4CC4)CC3)nc2c(N2CC3(CNC3)C2)n1. The molecule has 0 bridgehead atoms. The van der Waals surface area contributed by atoms with Crippen molar-refractivity contribution in [2.75, 3.05) is 49.5 Å². The minimum absolute atomic E-state index is 0.457. The molecule has 2 aromatic rings. The van der Waals surface area contributed by atoms with E-state index in [1.165, 1.54) is 12.8 Å². The Balaban J connectivity index is 1.18. The van der Waals surface area contributed by atoms with Gasteiger partial charge in [-0.25, -0.2) is 15.0 Å². The Morgan fingerprint density at radius 2 is 1.93 bits per heavy atom. The van der Waals surface area contributed by atoms with E-state index < -0.39 is 0 Å². The summed E-state index contributed by atoms with van der Waals surface area (Å²) in [5.41, 5.74) is 2.49. The second-order valence-corrected chi connectivity index (χ2v) is 10.7. The lowest BCUT2D eigenvalue weighted by Gasteiger charge is -2.56. The van der Waals surface area contributed by atoms with Crippen molar-refractivity contribution in [1.29, 1.82) is 0 Å². The number of anilines is 2. The number of pyridine rings is 1. The number of aryl methyl sites for hydroxylation is 1. The Labute approximate surface area is 176 Å². The summed E-state index contributed by atoms with van der Waals surface area (Å²) < 4.78 is 2.55. The van der Waals surface area contributed by atoms with Crippen LogP contribution >= 0.6 is 11.9 Å². The minimum Gasteiger partial charge on any atom is -0.353 e. The molecule has 2 aromatic heterocycles. The topological polar surface area (TPSA) is 69.2 Å². The van der Waals surface area contributed by atoms with Crippen LogP contribution in [0.1, 0.15) is 31.4 Å². The molecule has 6 rings (SSSR count). The lowest BCUT2D eigenvalue weighted by atomic mass is 9.74. The third-order valence-corrected chi connectivity index (χ3v) is 8.07. The summed E-state index contributed by atoms with van der Waals surface area (Å²) in [6, 6.07) is 2.55. The van der Waals surface area contributed by atoms with E-state index in [-0.39, 0.29) is 0 Å². The van der Waals surface area contributed by atoms with Gasteiger partial charge >= 0.3 is 0 Å². The highest BCUT2D eigenvalue weighted by Crippen LogP contribution is 2.39. The Morgan fingerprint density at radius 1 is 1.14 bits per heavy atom. The minimum atomic E-state index is 0.457. The van der Waals surface area contributed by atoms with Crippen LogP contribution in [0.5, 0.6) is 0 Å². The van der Waals surface area contributed by atoms with Gasteiger partial charge in [-0.1, -0.05) is 11.9 Å². The summed E-state index contributed by atoms with van der Waals surface area (Å²) in [5, 5.41) is 8.99. The Morgan fingerprint density at radius 3 is 2.62 bits per heavy atom. The third kappa shape index (κ3) is 3.55. The average molecular weight is 412 g/mol. The molecule has 0 amide bonds. The maximum Gasteiger partial charge on any atom is 0.223 e. The molecule has 29 heavy (non-hydrogen) atoms. The molecular formula is C21H29N7S.